The minimum absolute atomic E-state index is 0.0205. The third-order valence-electron chi connectivity index (χ3n) is 3.15. The highest BCUT2D eigenvalue weighted by Crippen LogP contribution is 2.32. The molecule has 0 aliphatic carbocycles. The van der Waals surface area contributed by atoms with Crippen LogP contribution in [0.25, 0.3) is 0 Å². The zero-order valence-corrected chi connectivity index (χ0v) is 9.36. The Balaban J connectivity index is 2.22. The van der Waals surface area contributed by atoms with Crippen molar-refractivity contribution in [2.75, 3.05) is 6.54 Å². The van der Waals surface area contributed by atoms with Gasteiger partial charge in [0.05, 0.1) is 0 Å². The molecule has 82 valence electrons. The van der Waals surface area contributed by atoms with E-state index >= 15 is 0 Å². The smallest absolute Gasteiger partial charge is 0.247 e. The number of aromatic amines is 1. The molecule has 0 bridgehead atoms. The Morgan fingerprint density at radius 2 is 2.27 bits per heavy atom. The second-order valence-electron chi connectivity index (χ2n) is 4.48. The maximum absolute atomic E-state index is 11.0. The molecule has 0 radical (unpaired) electrons. The highest BCUT2D eigenvalue weighted by atomic mass is 16.1. The molecule has 15 heavy (non-hydrogen) atoms. The van der Waals surface area contributed by atoms with Gasteiger partial charge in [0.15, 0.2) is 0 Å². The van der Waals surface area contributed by atoms with Crippen LogP contribution in [0.5, 0.6) is 0 Å². The van der Waals surface area contributed by atoms with Crippen molar-refractivity contribution in [2.45, 2.75) is 38.8 Å². The van der Waals surface area contributed by atoms with Crippen LogP contribution in [0.3, 0.4) is 0 Å². The Kier molecular flexibility index (Phi) is 2.91. The van der Waals surface area contributed by atoms with E-state index in [9.17, 15) is 4.79 Å². The summed E-state index contributed by atoms with van der Waals surface area (Å²) >= 11 is 0. The number of hydrogen-bond acceptors (Lipinski definition) is 2. The van der Waals surface area contributed by atoms with Gasteiger partial charge in [0.25, 0.3) is 0 Å². The van der Waals surface area contributed by atoms with Gasteiger partial charge in [-0.1, -0.05) is 6.07 Å². The summed E-state index contributed by atoms with van der Waals surface area (Å²) in [5.74, 6) is 0. The zero-order valence-electron chi connectivity index (χ0n) is 9.36. The van der Waals surface area contributed by atoms with Gasteiger partial charge in [-0.05, 0) is 38.8 Å². The van der Waals surface area contributed by atoms with Crippen LogP contribution in [0.2, 0.25) is 0 Å². The summed E-state index contributed by atoms with van der Waals surface area (Å²) in [5, 5.41) is 0. The standard InChI is InChI=1S/C12H18N2O/c1-9(2)14-7-3-4-11(14)10-5-6-12(15)13-8-10/h5-6,8-9,11H,3-4,7H2,1-2H3,(H,13,15)/t11-/m1/s1. The van der Waals surface area contributed by atoms with Gasteiger partial charge in [0.2, 0.25) is 5.56 Å². The Morgan fingerprint density at radius 1 is 1.47 bits per heavy atom. The van der Waals surface area contributed by atoms with E-state index in [0.717, 1.165) is 0 Å². The molecular weight excluding hydrogens is 188 g/mol. The van der Waals surface area contributed by atoms with Crippen LogP contribution in [0, 0.1) is 0 Å². The molecule has 3 heteroatoms. The number of aromatic nitrogens is 1. The quantitative estimate of drug-likeness (QED) is 0.802. The molecule has 2 rings (SSSR count). The van der Waals surface area contributed by atoms with E-state index in [1.807, 2.05) is 12.3 Å². The van der Waals surface area contributed by atoms with Gasteiger partial charge >= 0.3 is 0 Å². The summed E-state index contributed by atoms with van der Waals surface area (Å²) in [7, 11) is 0. The van der Waals surface area contributed by atoms with Gasteiger partial charge in [0, 0.05) is 24.3 Å². The summed E-state index contributed by atoms with van der Waals surface area (Å²) in [6.07, 6.45) is 4.31. The van der Waals surface area contributed by atoms with E-state index in [1.165, 1.54) is 24.9 Å². The van der Waals surface area contributed by atoms with Crippen LogP contribution in [-0.4, -0.2) is 22.5 Å². The van der Waals surface area contributed by atoms with E-state index in [2.05, 4.69) is 23.7 Å². The second-order valence-corrected chi connectivity index (χ2v) is 4.48. The molecule has 3 nitrogen and oxygen atoms in total. The Hall–Kier alpha value is -1.09. The summed E-state index contributed by atoms with van der Waals surface area (Å²) in [5.41, 5.74) is 1.22. The average molecular weight is 206 g/mol. The lowest BCUT2D eigenvalue weighted by molar-refractivity contribution is 0.205. The minimum atomic E-state index is -0.0205. The van der Waals surface area contributed by atoms with E-state index in [0.29, 0.717) is 12.1 Å². The van der Waals surface area contributed by atoms with Gasteiger partial charge < -0.3 is 4.98 Å². The molecule has 0 unspecified atom stereocenters. The molecule has 1 aromatic rings. The number of rotatable bonds is 2. The SMILES string of the molecule is CC(C)N1CCC[C@@H]1c1ccc(=O)[nH]c1. The van der Waals surface area contributed by atoms with Crippen molar-refractivity contribution in [2.24, 2.45) is 0 Å². The molecule has 0 amide bonds. The number of likely N-dealkylation sites (tertiary alicyclic amines) is 1. The van der Waals surface area contributed by atoms with Gasteiger partial charge in [-0.3, -0.25) is 9.69 Å². The molecule has 2 heterocycles. The molecule has 1 aromatic heterocycles. The number of pyridine rings is 1. The predicted octanol–water partition coefficient (Wildman–Crippen LogP) is 1.92. The number of hydrogen-bond donors (Lipinski definition) is 1. The first-order chi connectivity index (χ1) is 7.18. The first kappa shape index (κ1) is 10.4. The van der Waals surface area contributed by atoms with Crippen LogP contribution in [0.15, 0.2) is 23.1 Å². The van der Waals surface area contributed by atoms with Crippen LogP contribution in [-0.2, 0) is 0 Å². The number of nitrogens with one attached hydrogen (secondary N) is 1. The first-order valence-corrected chi connectivity index (χ1v) is 5.63. The van der Waals surface area contributed by atoms with Crippen LogP contribution in [0.1, 0.15) is 38.3 Å². The number of nitrogens with zero attached hydrogens (tertiary/aromatic N) is 1. The highest BCUT2D eigenvalue weighted by Gasteiger charge is 2.27. The largest absolute Gasteiger partial charge is 0.329 e. The lowest BCUT2D eigenvalue weighted by atomic mass is 10.1. The van der Waals surface area contributed by atoms with Gasteiger partial charge in [-0.15, -0.1) is 0 Å². The van der Waals surface area contributed by atoms with Crippen molar-refractivity contribution in [3.05, 3.63) is 34.2 Å². The number of H-pyrrole nitrogens is 1. The van der Waals surface area contributed by atoms with Crippen molar-refractivity contribution in [1.29, 1.82) is 0 Å². The molecule has 1 N–H and O–H groups in total. The van der Waals surface area contributed by atoms with E-state index in [1.54, 1.807) is 6.07 Å². The summed E-state index contributed by atoms with van der Waals surface area (Å²) in [6.45, 7) is 5.62. The molecular formula is C12H18N2O. The fourth-order valence-corrected chi connectivity index (χ4v) is 2.39. The zero-order chi connectivity index (χ0) is 10.8. The monoisotopic (exact) mass is 206 g/mol. The Bertz CT molecular complexity index is 363. The summed E-state index contributed by atoms with van der Waals surface area (Å²) in [6, 6.07) is 4.63. The van der Waals surface area contributed by atoms with Crippen molar-refractivity contribution < 1.29 is 0 Å². The van der Waals surface area contributed by atoms with Crippen LogP contribution in [0.4, 0.5) is 0 Å². The molecule has 0 aromatic carbocycles. The molecule has 1 aliphatic heterocycles. The summed E-state index contributed by atoms with van der Waals surface area (Å²) in [4.78, 5) is 16.2. The topological polar surface area (TPSA) is 36.1 Å². The average Bonchev–Trinajstić information content (AvgIpc) is 2.67. The van der Waals surface area contributed by atoms with Crippen LogP contribution >= 0.6 is 0 Å². The van der Waals surface area contributed by atoms with Crippen molar-refractivity contribution in [1.82, 2.24) is 9.88 Å². The third kappa shape index (κ3) is 2.12. The first-order valence-electron chi connectivity index (χ1n) is 5.63. The highest BCUT2D eigenvalue weighted by molar-refractivity contribution is 5.15. The lowest BCUT2D eigenvalue weighted by Crippen LogP contribution is -2.30. The van der Waals surface area contributed by atoms with Crippen LogP contribution < -0.4 is 5.56 Å². The second kappa shape index (κ2) is 4.19. The predicted molar refractivity (Wildman–Crippen MR) is 60.9 cm³/mol. The third-order valence-corrected chi connectivity index (χ3v) is 3.15. The Morgan fingerprint density at radius 3 is 2.87 bits per heavy atom. The fraction of sp³-hybridized carbons (Fsp3) is 0.583. The van der Waals surface area contributed by atoms with Crippen molar-refractivity contribution in [3.8, 4) is 0 Å². The Labute approximate surface area is 90.1 Å². The molecule has 1 fully saturated rings. The molecule has 1 aliphatic rings. The molecule has 0 saturated carbocycles. The maximum atomic E-state index is 11.0. The van der Waals surface area contributed by atoms with Crippen molar-refractivity contribution in [3.63, 3.8) is 0 Å². The molecule has 1 saturated heterocycles. The van der Waals surface area contributed by atoms with E-state index < -0.39 is 0 Å². The fourth-order valence-electron chi connectivity index (χ4n) is 2.39. The lowest BCUT2D eigenvalue weighted by Gasteiger charge is -2.28. The molecule has 0 spiro atoms. The summed E-state index contributed by atoms with van der Waals surface area (Å²) < 4.78 is 0. The van der Waals surface area contributed by atoms with Gasteiger partial charge in [-0.2, -0.15) is 0 Å². The van der Waals surface area contributed by atoms with Gasteiger partial charge in [0.1, 0.15) is 0 Å². The minimum Gasteiger partial charge on any atom is -0.329 e. The molecule has 1 atom stereocenters. The van der Waals surface area contributed by atoms with E-state index in [-0.39, 0.29) is 5.56 Å². The maximum Gasteiger partial charge on any atom is 0.247 e. The van der Waals surface area contributed by atoms with E-state index in [4.69, 9.17) is 0 Å². The van der Waals surface area contributed by atoms with Gasteiger partial charge in [-0.25, -0.2) is 0 Å². The van der Waals surface area contributed by atoms with Crippen molar-refractivity contribution >= 4 is 0 Å². The normalized spacial score (nSPS) is 22.5.